The molecule has 1 heterocycles. The van der Waals surface area contributed by atoms with Gasteiger partial charge in [0.1, 0.15) is 0 Å². The summed E-state index contributed by atoms with van der Waals surface area (Å²) >= 11 is 0. The van der Waals surface area contributed by atoms with Crippen LogP contribution in [0.25, 0.3) is 0 Å². The zero-order chi connectivity index (χ0) is 26.5. The van der Waals surface area contributed by atoms with Gasteiger partial charge in [-0.2, -0.15) is 0 Å². The Balaban J connectivity index is 1.62. The molecule has 2 bridgehead atoms. The van der Waals surface area contributed by atoms with E-state index in [1.807, 2.05) is 0 Å². The van der Waals surface area contributed by atoms with E-state index in [0.29, 0.717) is 36.9 Å². The largest absolute Gasteiger partial charge is 0.481 e. The molecule has 0 spiro atoms. The molecule has 11 atom stereocenters. The zero-order valence-electron chi connectivity index (χ0n) is 23.9. The molecule has 204 valence electrons. The highest BCUT2D eigenvalue weighted by atomic mass is 16.5. The van der Waals surface area contributed by atoms with Gasteiger partial charge in [-0.1, -0.05) is 60.1 Å². The van der Waals surface area contributed by atoms with Crippen molar-refractivity contribution in [2.75, 3.05) is 20.3 Å². The molecule has 4 fully saturated rings. The van der Waals surface area contributed by atoms with E-state index >= 15 is 0 Å². The molecule has 36 heavy (non-hydrogen) atoms. The molecular weight excluding hydrogens is 452 g/mol. The molecule has 2 N–H and O–H groups in total. The van der Waals surface area contributed by atoms with E-state index in [0.717, 1.165) is 38.5 Å². The summed E-state index contributed by atoms with van der Waals surface area (Å²) in [4.78, 5) is 13.1. The highest BCUT2D eigenvalue weighted by molar-refractivity contribution is 5.73. The van der Waals surface area contributed by atoms with Gasteiger partial charge in [0.25, 0.3) is 0 Å². The van der Waals surface area contributed by atoms with Crippen molar-refractivity contribution < 1.29 is 24.5 Å². The lowest BCUT2D eigenvalue weighted by molar-refractivity contribution is -0.257. The van der Waals surface area contributed by atoms with Crippen LogP contribution in [0, 0.1) is 56.7 Å². The number of carbonyl (C=O) groups is 1. The predicted octanol–water partition coefficient (Wildman–Crippen LogP) is 5.95. The summed E-state index contributed by atoms with van der Waals surface area (Å²) in [5.74, 6) is 0.533. The van der Waals surface area contributed by atoms with Crippen LogP contribution < -0.4 is 0 Å². The normalized spacial score (nSPS) is 53.1. The third kappa shape index (κ3) is 3.09. The third-order valence-corrected chi connectivity index (χ3v) is 13.4. The second-order valence-electron chi connectivity index (χ2n) is 14.8. The molecule has 0 aromatic carbocycles. The number of carboxylic acids is 1. The molecular formula is C31H50O5. The maximum atomic E-state index is 13.1. The number of hydrogen-bond donors (Lipinski definition) is 2. The third-order valence-electron chi connectivity index (χ3n) is 13.4. The number of methoxy groups -OCH3 is 1. The van der Waals surface area contributed by atoms with E-state index in [-0.39, 0.29) is 39.1 Å². The first kappa shape index (κ1) is 26.7. The lowest BCUT2D eigenvalue weighted by atomic mass is 9.34. The molecule has 4 aliphatic carbocycles. The van der Waals surface area contributed by atoms with Crippen LogP contribution in [-0.2, 0) is 14.3 Å². The number of allylic oxidation sites excluding steroid dienone is 1. The van der Waals surface area contributed by atoms with Crippen LogP contribution in [0.4, 0.5) is 0 Å². The number of hydrogen-bond acceptors (Lipinski definition) is 4. The molecule has 0 radical (unpaired) electrons. The van der Waals surface area contributed by atoms with Crippen molar-refractivity contribution in [1.82, 2.24) is 0 Å². The highest BCUT2D eigenvalue weighted by Crippen LogP contribution is 2.74. The van der Waals surface area contributed by atoms with Crippen LogP contribution in [0.15, 0.2) is 11.6 Å². The van der Waals surface area contributed by atoms with Crippen molar-refractivity contribution in [2.24, 2.45) is 56.7 Å². The van der Waals surface area contributed by atoms with Crippen molar-refractivity contribution in [3.8, 4) is 0 Å². The second-order valence-corrected chi connectivity index (χ2v) is 14.8. The number of aliphatic hydroxyl groups is 1. The summed E-state index contributed by atoms with van der Waals surface area (Å²) in [6.45, 7) is 17.2. The molecule has 1 saturated heterocycles. The molecule has 5 nitrogen and oxygen atoms in total. The van der Waals surface area contributed by atoms with E-state index in [1.54, 1.807) is 7.11 Å². The fourth-order valence-corrected chi connectivity index (χ4v) is 10.8. The van der Waals surface area contributed by atoms with Crippen molar-refractivity contribution in [1.29, 1.82) is 0 Å². The monoisotopic (exact) mass is 502 g/mol. The SMILES string of the molecule is COC1C[C@@]23COC[C@@](C)([C@@H]2CC[C@H]2C3=CC[C@@]3(C)[C@H](C(=O)O)[C@@](C)([C@H](C)C(C)C)CC[C@]23C)[C@H]1O. The van der Waals surface area contributed by atoms with Gasteiger partial charge >= 0.3 is 5.97 Å². The predicted molar refractivity (Wildman–Crippen MR) is 140 cm³/mol. The van der Waals surface area contributed by atoms with E-state index in [4.69, 9.17) is 9.47 Å². The molecule has 5 heteroatoms. The van der Waals surface area contributed by atoms with Crippen molar-refractivity contribution in [3.05, 3.63) is 11.6 Å². The van der Waals surface area contributed by atoms with Crippen molar-refractivity contribution in [3.63, 3.8) is 0 Å². The molecule has 1 aliphatic heterocycles. The number of aliphatic carboxylic acids is 1. The summed E-state index contributed by atoms with van der Waals surface area (Å²) < 4.78 is 12.2. The minimum Gasteiger partial charge on any atom is -0.481 e. The van der Waals surface area contributed by atoms with Crippen molar-refractivity contribution >= 4 is 5.97 Å². The summed E-state index contributed by atoms with van der Waals surface area (Å²) in [5, 5.41) is 22.1. The van der Waals surface area contributed by atoms with Crippen LogP contribution in [0.2, 0.25) is 0 Å². The molecule has 5 rings (SSSR count). The van der Waals surface area contributed by atoms with Crippen LogP contribution in [0.1, 0.15) is 87.0 Å². The first-order valence-electron chi connectivity index (χ1n) is 14.4. The molecule has 5 aliphatic rings. The summed E-state index contributed by atoms with van der Waals surface area (Å²) in [6.07, 6.45) is 7.52. The minimum absolute atomic E-state index is 0.0808. The molecule has 1 unspecified atom stereocenters. The highest BCUT2D eigenvalue weighted by Gasteiger charge is 2.71. The van der Waals surface area contributed by atoms with Crippen molar-refractivity contribution in [2.45, 2.75) is 99.2 Å². The molecule has 3 saturated carbocycles. The lowest BCUT2D eigenvalue weighted by Gasteiger charge is -2.71. The van der Waals surface area contributed by atoms with Crippen LogP contribution in [0.5, 0.6) is 0 Å². The van der Waals surface area contributed by atoms with Gasteiger partial charge in [-0.25, -0.2) is 0 Å². The van der Waals surface area contributed by atoms with E-state index in [2.05, 4.69) is 54.5 Å². The number of aliphatic hydroxyl groups excluding tert-OH is 1. The molecule has 0 aromatic heterocycles. The van der Waals surface area contributed by atoms with Gasteiger partial charge in [-0.3, -0.25) is 4.79 Å². The standard InChI is InChI=1S/C31H50O5/c1-18(2)19(3)27(4)13-14-29(6)20-9-10-23-28(5)16-36-17-31(23,15-22(35-8)25(28)32)21(20)11-12-30(29,7)24(27)26(33)34/h11,18-20,22-25,32H,9-10,12-17H2,1-8H3,(H,33,34)/t19-,20+,22?,23+,24-,25+,27-,28+,29-,30+,31+/m1/s1. The van der Waals surface area contributed by atoms with E-state index in [9.17, 15) is 15.0 Å². The number of carboxylic acid groups (broad SMARTS) is 1. The van der Waals surface area contributed by atoms with Gasteiger partial charge in [-0.05, 0) is 78.4 Å². The maximum absolute atomic E-state index is 13.1. The number of ether oxygens (including phenoxy) is 2. The van der Waals surface area contributed by atoms with E-state index < -0.39 is 12.1 Å². The Kier molecular flexibility index (Phi) is 6.15. The second kappa shape index (κ2) is 8.29. The quantitative estimate of drug-likeness (QED) is 0.465. The topological polar surface area (TPSA) is 76.0 Å². The average molecular weight is 503 g/mol. The smallest absolute Gasteiger partial charge is 0.307 e. The molecule has 0 amide bonds. The lowest BCUT2D eigenvalue weighted by Crippen LogP contribution is -2.69. The number of fused-ring (bicyclic) bond motifs is 3. The first-order valence-corrected chi connectivity index (χ1v) is 14.4. The fraction of sp³-hybridized carbons (Fsp3) is 0.903. The van der Waals surface area contributed by atoms with Crippen LogP contribution in [-0.4, -0.2) is 48.7 Å². The van der Waals surface area contributed by atoms with Crippen LogP contribution in [0.3, 0.4) is 0 Å². The Morgan fingerprint density at radius 3 is 2.39 bits per heavy atom. The minimum atomic E-state index is -0.615. The Morgan fingerprint density at radius 2 is 1.78 bits per heavy atom. The fourth-order valence-electron chi connectivity index (χ4n) is 10.8. The Morgan fingerprint density at radius 1 is 1.08 bits per heavy atom. The average Bonchev–Trinajstić information content (AvgIpc) is 2.81. The summed E-state index contributed by atoms with van der Waals surface area (Å²) in [5.41, 5.74) is 0.459. The zero-order valence-corrected chi connectivity index (χ0v) is 23.9. The van der Waals surface area contributed by atoms with Gasteiger partial charge in [0.05, 0.1) is 31.3 Å². The van der Waals surface area contributed by atoms with Gasteiger partial charge < -0.3 is 19.7 Å². The Bertz CT molecular complexity index is 943. The number of rotatable bonds is 4. The van der Waals surface area contributed by atoms with Gasteiger partial charge in [0.2, 0.25) is 0 Å². The Labute approximate surface area is 218 Å². The summed E-state index contributed by atoms with van der Waals surface area (Å²) in [7, 11) is 1.73. The van der Waals surface area contributed by atoms with Crippen LogP contribution >= 0.6 is 0 Å². The first-order chi connectivity index (χ1) is 16.7. The summed E-state index contributed by atoms with van der Waals surface area (Å²) in [6, 6.07) is 0. The maximum Gasteiger partial charge on any atom is 0.307 e. The van der Waals surface area contributed by atoms with E-state index in [1.165, 1.54) is 5.57 Å². The van der Waals surface area contributed by atoms with Gasteiger partial charge in [0.15, 0.2) is 0 Å². The molecule has 0 aromatic rings. The Hall–Kier alpha value is -0.910. The van der Waals surface area contributed by atoms with Gasteiger partial charge in [0, 0.05) is 17.9 Å². The van der Waals surface area contributed by atoms with Gasteiger partial charge in [-0.15, -0.1) is 0 Å².